The van der Waals surface area contributed by atoms with Gasteiger partial charge < -0.3 is 5.32 Å². The smallest absolute Gasteiger partial charge is 0.263 e. The minimum absolute atomic E-state index is 0.134. The lowest BCUT2D eigenvalue weighted by atomic mass is 10.0. The standard InChI is InChI=1S/C10H12BrCl2NOS/c1-2-10(5-12,6-13)14-9(15)8-7(11)3-4-16-8/h3-4H,2,5-6H2,1H3,(H,14,15). The van der Waals surface area contributed by atoms with Gasteiger partial charge >= 0.3 is 0 Å². The van der Waals surface area contributed by atoms with Crippen molar-refractivity contribution in [1.82, 2.24) is 5.32 Å². The van der Waals surface area contributed by atoms with Crippen LogP contribution < -0.4 is 5.32 Å². The van der Waals surface area contributed by atoms with Gasteiger partial charge in [0, 0.05) is 16.2 Å². The summed E-state index contributed by atoms with van der Waals surface area (Å²) in [5, 5.41) is 4.76. The molecule has 0 saturated heterocycles. The van der Waals surface area contributed by atoms with Crippen LogP contribution in [-0.2, 0) is 0 Å². The van der Waals surface area contributed by atoms with Crippen LogP contribution in [0.2, 0.25) is 0 Å². The number of hydrogen-bond donors (Lipinski definition) is 1. The van der Waals surface area contributed by atoms with Crippen molar-refractivity contribution in [2.45, 2.75) is 18.9 Å². The van der Waals surface area contributed by atoms with Crippen LogP contribution in [0.3, 0.4) is 0 Å². The van der Waals surface area contributed by atoms with Gasteiger partial charge in [-0.3, -0.25) is 4.79 Å². The predicted molar refractivity (Wildman–Crippen MR) is 73.9 cm³/mol. The molecule has 0 aliphatic carbocycles. The predicted octanol–water partition coefficient (Wildman–Crippen LogP) is 3.87. The molecular weight excluding hydrogens is 333 g/mol. The molecule has 1 aromatic rings. The zero-order valence-electron chi connectivity index (χ0n) is 8.73. The lowest BCUT2D eigenvalue weighted by Gasteiger charge is -2.29. The van der Waals surface area contributed by atoms with E-state index in [0.29, 0.717) is 23.1 Å². The van der Waals surface area contributed by atoms with Crippen molar-refractivity contribution < 1.29 is 4.79 Å². The number of carbonyl (C=O) groups is 1. The maximum absolute atomic E-state index is 12.0. The molecule has 1 N–H and O–H groups in total. The molecule has 0 spiro atoms. The number of hydrogen-bond acceptors (Lipinski definition) is 2. The Labute approximate surface area is 117 Å². The second-order valence-electron chi connectivity index (χ2n) is 3.45. The number of rotatable bonds is 5. The van der Waals surface area contributed by atoms with E-state index in [1.165, 1.54) is 11.3 Å². The van der Waals surface area contributed by atoms with E-state index >= 15 is 0 Å². The molecule has 1 amide bonds. The maximum atomic E-state index is 12.0. The Bertz CT molecular complexity index is 357. The molecule has 6 heteroatoms. The third-order valence-electron chi connectivity index (χ3n) is 2.39. The summed E-state index contributed by atoms with van der Waals surface area (Å²) in [5.41, 5.74) is -0.524. The molecule has 0 atom stereocenters. The van der Waals surface area contributed by atoms with E-state index in [1.807, 2.05) is 18.4 Å². The normalized spacial score (nSPS) is 11.5. The highest BCUT2D eigenvalue weighted by molar-refractivity contribution is 9.10. The van der Waals surface area contributed by atoms with E-state index in [0.717, 1.165) is 4.47 Å². The Morgan fingerprint density at radius 1 is 1.56 bits per heavy atom. The van der Waals surface area contributed by atoms with Gasteiger partial charge in [-0.15, -0.1) is 34.5 Å². The number of nitrogens with one attached hydrogen (secondary N) is 1. The minimum Gasteiger partial charge on any atom is -0.343 e. The first-order valence-electron chi connectivity index (χ1n) is 4.76. The van der Waals surface area contributed by atoms with E-state index < -0.39 is 5.54 Å². The Kier molecular flexibility index (Phi) is 5.57. The van der Waals surface area contributed by atoms with Crippen LogP contribution in [0, 0.1) is 0 Å². The maximum Gasteiger partial charge on any atom is 0.263 e. The Balaban J connectivity index is 2.81. The van der Waals surface area contributed by atoms with E-state index in [9.17, 15) is 4.79 Å². The third-order valence-corrected chi connectivity index (χ3v) is 5.25. The van der Waals surface area contributed by atoms with Gasteiger partial charge in [-0.1, -0.05) is 6.92 Å². The molecule has 0 aromatic carbocycles. The highest BCUT2D eigenvalue weighted by Gasteiger charge is 2.29. The second-order valence-corrected chi connectivity index (χ2v) is 5.76. The summed E-state index contributed by atoms with van der Waals surface area (Å²) in [7, 11) is 0. The summed E-state index contributed by atoms with van der Waals surface area (Å²) < 4.78 is 0.796. The van der Waals surface area contributed by atoms with Crippen LogP contribution in [0.4, 0.5) is 0 Å². The number of amides is 1. The lowest BCUT2D eigenvalue weighted by Crippen LogP contribution is -2.51. The van der Waals surface area contributed by atoms with Crippen LogP contribution in [0.5, 0.6) is 0 Å². The topological polar surface area (TPSA) is 29.1 Å². The molecule has 0 aliphatic heterocycles. The molecule has 1 heterocycles. The summed E-state index contributed by atoms with van der Waals surface area (Å²) >= 11 is 16.4. The number of carbonyl (C=O) groups excluding carboxylic acids is 1. The van der Waals surface area contributed by atoms with Crippen LogP contribution >= 0.6 is 50.5 Å². The third kappa shape index (κ3) is 3.13. The number of halogens is 3. The van der Waals surface area contributed by atoms with Crippen LogP contribution in [0.15, 0.2) is 15.9 Å². The van der Waals surface area contributed by atoms with E-state index in [2.05, 4.69) is 21.2 Å². The van der Waals surface area contributed by atoms with Crippen LogP contribution in [-0.4, -0.2) is 23.2 Å². The Morgan fingerprint density at radius 2 is 2.19 bits per heavy atom. The largest absolute Gasteiger partial charge is 0.343 e. The summed E-state index contributed by atoms with van der Waals surface area (Å²) in [6.07, 6.45) is 0.703. The van der Waals surface area contributed by atoms with Gasteiger partial charge in [-0.05, 0) is 33.8 Å². The van der Waals surface area contributed by atoms with Gasteiger partial charge in [-0.2, -0.15) is 0 Å². The van der Waals surface area contributed by atoms with Crippen molar-refractivity contribution >= 4 is 56.4 Å². The fraction of sp³-hybridized carbons (Fsp3) is 0.500. The van der Waals surface area contributed by atoms with Crippen molar-refractivity contribution in [3.63, 3.8) is 0 Å². The van der Waals surface area contributed by atoms with Crippen molar-refractivity contribution in [1.29, 1.82) is 0 Å². The zero-order valence-corrected chi connectivity index (χ0v) is 12.6. The molecule has 0 saturated carbocycles. The fourth-order valence-corrected chi connectivity index (χ4v) is 3.38. The van der Waals surface area contributed by atoms with Crippen molar-refractivity contribution in [2.75, 3.05) is 11.8 Å². The van der Waals surface area contributed by atoms with Gasteiger partial charge in [-0.25, -0.2) is 0 Å². The molecule has 0 radical (unpaired) electrons. The zero-order chi connectivity index (χ0) is 12.2. The van der Waals surface area contributed by atoms with Gasteiger partial charge in [0.1, 0.15) is 4.88 Å². The van der Waals surface area contributed by atoms with E-state index in [-0.39, 0.29) is 5.91 Å². The van der Waals surface area contributed by atoms with E-state index in [1.54, 1.807) is 0 Å². The quantitative estimate of drug-likeness (QED) is 0.807. The van der Waals surface area contributed by atoms with Crippen molar-refractivity contribution in [3.8, 4) is 0 Å². The van der Waals surface area contributed by atoms with Gasteiger partial charge in [0.05, 0.1) is 5.54 Å². The first-order valence-corrected chi connectivity index (χ1v) is 7.50. The second kappa shape index (κ2) is 6.24. The molecule has 1 rings (SSSR count). The summed E-state index contributed by atoms with van der Waals surface area (Å²) in [4.78, 5) is 12.6. The van der Waals surface area contributed by atoms with Crippen molar-refractivity contribution in [3.05, 3.63) is 20.8 Å². The first kappa shape index (κ1) is 14.3. The molecule has 0 bridgehead atoms. The molecule has 16 heavy (non-hydrogen) atoms. The van der Waals surface area contributed by atoms with Gasteiger partial charge in [0.15, 0.2) is 0 Å². The average molecular weight is 345 g/mol. The van der Waals surface area contributed by atoms with Crippen LogP contribution in [0.25, 0.3) is 0 Å². The highest BCUT2D eigenvalue weighted by Crippen LogP contribution is 2.24. The molecule has 0 aliphatic rings. The SMILES string of the molecule is CCC(CCl)(CCl)NC(=O)c1sccc1Br. The Morgan fingerprint density at radius 3 is 2.56 bits per heavy atom. The summed E-state index contributed by atoms with van der Waals surface area (Å²) in [5.74, 6) is 0.480. The van der Waals surface area contributed by atoms with E-state index in [4.69, 9.17) is 23.2 Å². The average Bonchev–Trinajstić information content (AvgIpc) is 2.72. The molecule has 0 unspecified atom stereocenters. The lowest BCUT2D eigenvalue weighted by molar-refractivity contribution is 0.0917. The molecule has 1 aromatic heterocycles. The van der Waals surface area contributed by atoms with Gasteiger partial charge in [0.25, 0.3) is 5.91 Å². The summed E-state index contributed by atoms with van der Waals surface area (Å²) in [6, 6.07) is 1.84. The minimum atomic E-state index is -0.524. The monoisotopic (exact) mass is 343 g/mol. The van der Waals surface area contributed by atoms with Crippen LogP contribution in [0.1, 0.15) is 23.0 Å². The molecular formula is C10H12BrCl2NOS. The number of alkyl halides is 2. The van der Waals surface area contributed by atoms with Gasteiger partial charge in [0.2, 0.25) is 0 Å². The number of thiophene rings is 1. The summed E-state index contributed by atoms with van der Waals surface area (Å²) in [6.45, 7) is 1.95. The first-order chi connectivity index (χ1) is 7.58. The Hall–Kier alpha value is 0.230. The molecule has 0 fully saturated rings. The highest BCUT2D eigenvalue weighted by atomic mass is 79.9. The van der Waals surface area contributed by atoms with Crippen molar-refractivity contribution in [2.24, 2.45) is 0 Å². The fourth-order valence-electron chi connectivity index (χ4n) is 1.13. The molecule has 2 nitrogen and oxygen atoms in total. The molecule has 90 valence electrons.